The Balaban J connectivity index is 2.68. The zero-order chi connectivity index (χ0) is 20.2. The van der Waals surface area contributed by atoms with Gasteiger partial charge in [0.1, 0.15) is 28.0 Å². The topological polar surface area (TPSA) is 82.1 Å². The Hall–Kier alpha value is -2.16. The summed E-state index contributed by atoms with van der Waals surface area (Å²) in [7, 11) is -0.363. The Bertz CT molecular complexity index is 948. The highest BCUT2D eigenvalue weighted by Gasteiger charge is 2.32. The quantitative estimate of drug-likeness (QED) is 0.622. The molecule has 0 bridgehead atoms. The summed E-state index contributed by atoms with van der Waals surface area (Å²) in [6, 6.07) is 8.97. The zero-order valence-electron chi connectivity index (χ0n) is 14.7. The summed E-state index contributed by atoms with van der Waals surface area (Å²) in [5, 5.41) is -0.279. The van der Waals surface area contributed by atoms with Crippen LogP contribution in [0.3, 0.4) is 0 Å². The number of sulfonamides is 1. The van der Waals surface area contributed by atoms with Crippen LogP contribution in [0.25, 0.3) is 0 Å². The normalized spacial score (nSPS) is 11.0. The van der Waals surface area contributed by atoms with Gasteiger partial charge in [0.2, 0.25) is 0 Å². The molecule has 0 spiro atoms. The summed E-state index contributed by atoms with van der Waals surface area (Å²) in [5.74, 6) is -0.293. The van der Waals surface area contributed by atoms with E-state index in [0.717, 1.165) is 11.4 Å². The van der Waals surface area contributed by atoms with Gasteiger partial charge in [-0.05, 0) is 24.3 Å². The average Bonchev–Trinajstić information content (AvgIpc) is 2.67. The van der Waals surface area contributed by atoms with Crippen LogP contribution in [0.4, 0.5) is 5.69 Å². The van der Waals surface area contributed by atoms with E-state index in [-0.39, 0.29) is 32.1 Å². The second-order valence-corrected chi connectivity index (χ2v) is 7.74. The number of rotatable bonds is 7. The number of halogens is 2. The summed E-state index contributed by atoms with van der Waals surface area (Å²) in [5.41, 5.74) is 0.147. The molecule has 0 radical (unpaired) electrons. The van der Waals surface area contributed by atoms with Crippen molar-refractivity contribution < 1.29 is 27.4 Å². The molecule has 2 aromatic carbocycles. The summed E-state index contributed by atoms with van der Waals surface area (Å²) in [4.78, 5) is 11.6. The molecule has 0 saturated carbocycles. The smallest absolute Gasteiger partial charge is 0.326 e. The third-order valence-electron chi connectivity index (χ3n) is 3.65. The van der Waals surface area contributed by atoms with Crippen molar-refractivity contribution in [2.24, 2.45) is 0 Å². The van der Waals surface area contributed by atoms with E-state index in [1.165, 1.54) is 32.4 Å². The van der Waals surface area contributed by atoms with Gasteiger partial charge in [-0.3, -0.25) is 9.10 Å². The van der Waals surface area contributed by atoms with Crippen LogP contribution in [0, 0.1) is 0 Å². The van der Waals surface area contributed by atoms with Crippen LogP contribution in [0.15, 0.2) is 41.3 Å². The molecule has 0 aromatic heterocycles. The third-order valence-corrected chi connectivity index (χ3v) is 6.43. The first kappa shape index (κ1) is 21.1. The number of anilines is 1. The number of benzene rings is 2. The zero-order valence-corrected chi connectivity index (χ0v) is 17.1. The van der Waals surface area contributed by atoms with Gasteiger partial charge in [-0.25, -0.2) is 8.42 Å². The summed E-state index contributed by atoms with van der Waals surface area (Å²) >= 11 is 12.3. The van der Waals surface area contributed by atoms with Crippen molar-refractivity contribution in [1.82, 2.24) is 0 Å². The highest BCUT2D eigenvalue weighted by molar-refractivity contribution is 7.93. The van der Waals surface area contributed by atoms with E-state index in [4.69, 9.17) is 32.7 Å². The molecule has 0 N–H and O–H groups in total. The van der Waals surface area contributed by atoms with Gasteiger partial charge in [-0.15, -0.1) is 0 Å². The molecule has 146 valence electrons. The van der Waals surface area contributed by atoms with Crippen LogP contribution in [0.1, 0.15) is 0 Å². The second kappa shape index (κ2) is 8.69. The number of ether oxygens (including phenoxy) is 3. The van der Waals surface area contributed by atoms with Crippen molar-refractivity contribution in [2.75, 3.05) is 32.2 Å². The lowest BCUT2D eigenvalue weighted by Gasteiger charge is -2.25. The fourth-order valence-corrected chi connectivity index (χ4v) is 4.54. The Morgan fingerprint density at radius 1 is 0.963 bits per heavy atom. The number of carbonyl (C=O) groups is 1. The number of para-hydroxylation sites is 2. The first-order valence-electron chi connectivity index (χ1n) is 7.52. The number of carbonyl (C=O) groups excluding carboxylic acids is 1. The van der Waals surface area contributed by atoms with E-state index in [2.05, 4.69) is 4.74 Å². The van der Waals surface area contributed by atoms with Crippen LogP contribution < -0.4 is 13.8 Å². The first-order valence-corrected chi connectivity index (χ1v) is 9.72. The molecule has 0 aliphatic rings. The minimum Gasteiger partial charge on any atom is -0.495 e. The maximum absolute atomic E-state index is 13.3. The number of hydrogen-bond acceptors (Lipinski definition) is 6. The van der Waals surface area contributed by atoms with Gasteiger partial charge in [0, 0.05) is 0 Å². The van der Waals surface area contributed by atoms with Gasteiger partial charge in [-0.1, -0.05) is 35.3 Å². The molecule has 7 nitrogen and oxygen atoms in total. The fraction of sp³-hybridized carbons (Fsp3) is 0.235. The molecule has 0 atom stereocenters. The lowest BCUT2D eigenvalue weighted by Crippen LogP contribution is -2.36. The molecule has 10 heteroatoms. The summed E-state index contributed by atoms with van der Waals surface area (Å²) in [6.07, 6.45) is 0. The molecule has 0 saturated heterocycles. The standard InChI is InChI=1S/C17H17Cl2NO6S/c1-24-12-7-5-4-6-11(12)20(10-15(21)26-3)27(22,23)14-9-8-13(25-2)16(18)17(14)19/h4-9H,10H2,1-3H3. The Kier molecular flexibility index (Phi) is 6.80. The van der Waals surface area contributed by atoms with Crippen LogP contribution in [0.2, 0.25) is 10.0 Å². The predicted molar refractivity (Wildman–Crippen MR) is 103 cm³/mol. The minimum absolute atomic E-state index is 0.0571. The van der Waals surface area contributed by atoms with Crippen LogP contribution in [-0.2, 0) is 19.6 Å². The maximum Gasteiger partial charge on any atom is 0.326 e. The fourth-order valence-electron chi connectivity index (χ4n) is 2.31. The molecule has 0 amide bonds. The summed E-state index contributed by atoms with van der Waals surface area (Å²) < 4.78 is 42.4. The number of esters is 1. The van der Waals surface area contributed by atoms with E-state index in [1.54, 1.807) is 18.2 Å². The lowest BCUT2D eigenvalue weighted by molar-refractivity contribution is -0.138. The number of methoxy groups -OCH3 is 3. The van der Waals surface area contributed by atoms with Crippen molar-refractivity contribution in [3.8, 4) is 11.5 Å². The van der Waals surface area contributed by atoms with Crippen LogP contribution in [-0.4, -0.2) is 42.3 Å². The van der Waals surface area contributed by atoms with E-state index in [9.17, 15) is 13.2 Å². The summed E-state index contributed by atoms with van der Waals surface area (Å²) in [6.45, 7) is -0.584. The predicted octanol–water partition coefficient (Wildman–Crippen LogP) is 3.38. The molecule has 0 aliphatic heterocycles. The van der Waals surface area contributed by atoms with Crippen molar-refractivity contribution in [1.29, 1.82) is 0 Å². The highest BCUT2D eigenvalue weighted by Crippen LogP contribution is 2.40. The number of nitrogens with zero attached hydrogens (tertiary/aromatic N) is 1. The Morgan fingerprint density at radius 3 is 2.19 bits per heavy atom. The van der Waals surface area contributed by atoms with E-state index >= 15 is 0 Å². The molecule has 0 heterocycles. The molecule has 0 unspecified atom stereocenters. The second-order valence-electron chi connectivity index (χ2n) is 5.15. The van der Waals surface area contributed by atoms with Gasteiger partial charge in [-0.2, -0.15) is 0 Å². The third kappa shape index (κ3) is 4.23. The first-order chi connectivity index (χ1) is 12.8. The lowest BCUT2D eigenvalue weighted by atomic mass is 10.3. The largest absolute Gasteiger partial charge is 0.495 e. The van der Waals surface area contributed by atoms with Gasteiger partial charge < -0.3 is 14.2 Å². The van der Waals surface area contributed by atoms with Gasteiger partial charge in [0.15, 0.2) is 0 Å². The molecule has 2 rings (SSSR count). The molecule has 2 aromatic rings. The average molecular weight is 434 g/mol. The molecular formula is C17H17Cl2NO6S. The van der Waals surface area contributed by atoms with E-state index in [0.29, 0.717) is 0 Å². The Labute approximate surface area is 167 Å². The minimum atomic E-state index is -4.29. The monoisotopic (exact) mass is 433 g/mol. The van der Waals surface area contributed by atoms with Gasteiger partial charge in [0.05, 0.1) is 32.0 Å². The number of hydrogen-bond donors (Lipinski definition) is 0. The van der Waals surface area contributed by atoms with E-state index < -0.39 is 22.5 Å². The van der Waals surface area contributed by atoms with Crippen LogP contribution in [0.5, 0.6) is 11.5 Å². The highest BCUT2D eigenvalue weighted by atomic mass is 35.5. The molecule has 27 heavy (non-hydrogen) atoms. The van der Waals surface area contributed by atoms with Crippen molar-refractivity contribution in [2.45, 2.75) is 4.90 Å². The van der Waals surface area contributed by atoms with Crippen molar-refractivity contribution in [3.63, 3.8) is 0 Å². The Morgan fingerprint density at radius 2 is 1.59 bits per heavy atom. The maximum atomic E-state index is 13.3. The van der Waals surface area contributed by atoms with Gasteiger partial charge >= 0.3 is 5.97 Å². The van der Waals surface area contributed by atoms with Crippen LogP contribution >= 0.6 is 23.2 Å². The van der Waals surface area contributed by atoms with Crippen molar-refractivity contribution >= 4 is 44.9 Å². The SMILES string of the molecule is COC(=O)CN(c1ccccc1OC)S(=O)(=O)c1ccc(OC)c(Cl)c1Cl. The molecule has 0 aliphatic carbocycles. The van der Waals surface area contributed by atoms with Crippen molar-refractivity contribution in [3.05, 3.63) is 46.4 Å². The molecular weight excluding hydrogens is 417 g/mol. The van der Waals surface area contributed by atoms with E-state index in [1.807, 2.05) is 0 Å². The van der Waals surface area contributed by atoms with Gasteiger partial charge in [0.25, 0.3) is 10.0 Å². The molecule has 0 fully saturated rings.